The lowest BCUT2D eigenvalue weighted by atomic mass is 9.96. The Bertz CT molecular complexity index is 969. The molecule has 4 rings (SSSR count). The second kappa shape index (κ2) is 9.51. The van der Waals surface area contributed by atoms with Gasteiger partial charge in [-0.2, -0.15) is 4.31 Å². The van der Waals surface area contributed by atoms with Gasteiger partial charge in [-0.25, -0.2) is 8.42 Å². The first-order valence-corrected chi connectivity index (χ1v) is 13.5. The predicted octanol–water partition coefficient (Wildman–Crippen LogP) is 3.37. The van der Waals surface area contributed by atoms with Crippen LogP contribution in [0.5, 0.6) is 0 Å². The molecule has 2 aliphatic heterocycles. The molecule has 2 atom stereocenters. The van der Waals surface area contributed by atoms with E-state index < -0.39 is 16.1 Å². The second-order valence-electron chi connectivity index (χ2n) is 9.56. The number of amides is 2. The monoisotopic (exact) mass is 461 g/mol. The van der Waals surface area contributed by atoms with Crippen LogP contribution in [0.25, 0.3) is 0 Å². The minimum atomic E-state index is -3.79. The molecule has 2 amide bonds. The van der Waals surface area contributed by atoms with Gasteiger partial charge in [-0.1, -0.05) is 32.1 Å². The van der Waals surface area contributed by atoms with Gasteiger partial charge < -0.3 is 10.2 Å². The summed E-state index contributed by atoms with van der Waals surface area (Å²) in [5.41, 5.74) is 1.65. The number of nitrogens with zero attached hydrogens (tertiary/aromatic N) is 2. The minimum absolute atomic E-state index is 0.00884. The van der Waals surface area contributed by atoms with Gasteiger partial charge in [0, 0.05) is 31.2 Å². The van der Waals surface area contributed by atoms with E-state index in [-0.39, 0.29) is 28.8 Å². The maximum atomic E-state index is 13.5. The lowest BCUT2D eigenvalue weighted by Gasteiger charge is -2.27. The quantitative estimate of drug-likeness (QED) is 0.745. The van der Waals surface area contributed by atoms with Gasteiger partial charge in [-0.05, 0) is 62.8 Å². The lowest BCUT2D eigenvalue weighted by molar-refractivity contribution is -0.125. The van der Waals surface area contributed by atoms with Gasteiger partial charge in [-0.15, -0.1) is 0 Å². The first-order valence-electron chi connectivity index (χ1n) is 12.0. The van der Waals surface area contributed by atoms with Gasteiger partial charge >= 0.3 is 0 Å². The summed E-state index contributed by atoms with van der Waals surface area (Å²) >= 11 is 0. The molecule has 7 nitrogen and oxygen atoms in total. The molecule has 0 spiro atoms. The van der Waals surface area contributed by atoms with Crippen LogP contribution in [0.2, 0.25) is 0 Å². The highest BCUT2D eigenvalue weighted by Gasteiger charge is 2.40. The number of anilines is 1. The number of nitrogens with one attached hydrogen (secondary N) is 1. The number of fused-ring (bicyclic) bond motifs is 1. The van der Waals surface area contributed by atoms with Gasteiger partial charge in [0.05, 0.1) is 4.90 Å². The molecular weight excluding hydrogens is 426 g/mol. The van der Waals surface area contributed by atoms with Crippen molar-refractivity contribution < 1.29 is 18.0 Å². The number of rotatable bonds is 4. The fraction of sp³-hybridized carbons (Fsp3) is 0.667. The summed E-state index contributed by atoms with van der Waals surface area (Å²) in [6.07, 6.45) is 9.71. The second-order valence-corrected chi connectivity index (χ2v) is 11.4. The van der Waals surface area contributed by atoms with Crippen LogP contribution < -0.4 is 10.2 Å². The first kappa shape index (κ1) is 23.2. The molecule has 0 bridgehead atoms. The van der Waals surface area contributed by atoms with Crippen molar-refractivity contribution in [3.8, 4) is 0 Å². The molecule has 32 heavy (non-hydrogen) atoms. The van der Waals surface area contributed by atoms with Crippen molar-refractivity contribution in [3.63, 3.8) is 0 Å². The molecular formula is C24H35N3O4S. The summed E-state index contributed by atoms with van der Waals surface area (Å²) in [6.45, 7) is 3.85. The molecule has 0 unspecified atom stereocenters. The maximum absolute atomic E-state index is 13.5. The zero-order chi connectivity index (χ0) is 22.9. The fourth-order valence-corrected chi connectivity index (χ4v) is 7.28. The highest BCUT2D eigenvalue weighted by Crippen LogP contribution is 2.35. The van der Waals surface area contributed by atoms with Crippen LogP contribution in [-0.4, -0.2) is 49.2 Å². The van der Waals surface area contributed by atoms with Crippen LogP contribution in [0.4, 0.5) is 5.69 Å². The van der Waals surface area contributed by atoms with E-state index in [1.54, 1.807) is 23.1 Å². The third-order valence-electron chi connectivity index (χ3n) is 7.17. The average Bonchev–Trinajstić information content (AvgIpc) is 3.33. The smallest absolute Gasteiger partial charge is 0.243 e. The molecule has 0 radical (unpaired) electrons. The van der Waals surface area contributed by atoms with Crippen LogP contribution in [0.1, 0.15) is 77.2 Å². The van der Waals surface area contributed by atoms with E-state index in [1.165, 1.54) is 30.5 Å². The molecule has 1 N–H and O–H groups in total. The van der Waals surface area contributed by atoms with Crippen molar-refractivity contribution >= 4 is 27.5 Å². The van der Waals surface area contributed by atoms with Crippen molar-refractivity contribution in [2.75, 3.05) is 11.4 Å². The maximum Gasteiger partial charge on any atom is 0.243 e. The Morgan fingerprint density at radius 2 is 1.69 bits per heavy atom. The SMILES string of the molecule is CC(=O)N1c2ccc(S(=O)(=O)N3CCC[C@H]3C(=O)NC3CCCCCCC3)cc2C[C@H]1C. The molecule has 1 aromatic carbocycles. The van der Waals surface area contributed by atoms with Crippen molar-refractivity contribution in [3.05, 3.63) is 23.8 Å². The third kappa shape index (κ3) is 4.57. The molecule has 8 heteroatoms. The Kier molecular flexibility index (Phi) is 6.91. The highest BCUT2D eigenvalue weighted by molar-refractivity contribution is 7.89. The van der Waals surface area contributed by atoms with Gasteiger partial charge in [0.1, 0.15) is 6.04 Å². The number of carbonyl (C=O) groups excluding carboxylic acids is 2. The zero-order valence-corrected chi connectivity index (χ0v) is 20.0. The Hall–Kier alpha value is -1.93. The number of benzene rings is 1. The molecule has 0 aromatic heterocycles. The van der Waals surface area contributed by atoms with E-state index in [0.29, 0.717) is 25.8 Å². The molecule has 3 aliphatic rings. The number of hydrogen-bond donors (Lipinski definition) is 1. The third-order valence-corrected chi connectivity index (χ3v) is 9.07. The van der Waals surface area contributed by atoms with E-state index in [4.69, 9.17) is 0 Å². The molecule has 1 saturated carbocycles. The number of sulfonamides is 1. The zero-order valence-electron chi connectivity index (χ0n) is 19.2. The van der Waals surface area contributed by atoms with Gasteiger partial charge in [-0.3, -0.25) is 9.59 Å². The molecule has 2 heterocycles. The summed E-state index contributed by atoms with van der Waals surface area (Å²) in [4.78, 5) is 27.0. The van der Waals surface area contributed by atoms with Crippen molar-refractivity contribution in [2.24, 2.45) is 0 Å². The molecule has 1 aliphatic carbocycles. The minimum Gasteiger partial charge on any atom is -0.352 e. The molecule has 1 saturated heterocycles. The van der Waals surface area contributed by atoms with E-state index in [1.807, 2.05) is 6.92 Å². The number of hydrogen-bond acceptors (Lipinski definition) is 4. The van der Waals surface area contributed by atoms with Gasteiger partial charge in [0.25, 0.3) is 0 Å². The normalized spacial score (nSPS) is 25.2. The standard InChI is InChI=1S/C24H35N3O4S/c1-17-15-19-16-21(12-13-22(19)27(17)18(2)28)32(30,31)26-14-8-11-23(26)24(29)25-20-9-6-4-3-5-7-10-20/h12-13,16-17,20,23H,3-11,14-15H2,1-2H3,(H,25,29)/t17-,23+/m1/s1. The lowest BCUT2D eigenvalue weighted by Crippen LogP contribution is -2.48. The summed E-state index contributed by atoms with van der Waals surface area (Å²) in [7, 11) is -3.79. The predicted molar refractivity (Wildman–Crippen MR) is 124 cm³/mol. The average molecular weight is 462 g/mol. The first-order chi connectivity index (χ1) is 15.3. The van der Waals surface area contributed by atoms with Crippen LogP contribution in [0.3, 0.4) is 0 Å². The highest BCUT2D eigenvalue weighted by atomic mass is 32.2. The van der Waals surface area contributed by atoms with Crippen molar-refractivity contribution in [2.45, 2.75) is 101 Å². The Morgan fingerprint density at radius 3 is 2.38 bits per heavy atom. The number of carbonyl (C=O) groups is 2. The Balaban J connectivity index is 1.51. The van der Waals surface area contributed by atoms with E-state index in [2.05, 4.69) is 5.32 Å². The molecule has 1 aromatic rings. The van der Waals surface area contributed by atoms with Gasteiger partial charge in [0.2, 0.25) is 21.8 Å². The van der Waals surface area contributed by atoms with Crippen LogP contribution in [-0.2, 0) is 26.0 Å². The molecule has 2 fully saturated rings. The van der Waals surface area contributed by atoms with Crippen LogP contribution >= 0.6 is 0 Å². The Labute approximate surface area is 191 Å². The van der Waals surface area contributed by atoms with E-state index >= 15 is 0 Å². The topological polar surface area (TPSA) is 86.8 Å². The Morgan fingerprint density at radius 1 is 1.00 bits per heavy atom. The van der Waals surface area contributed by atoms with Crippen molar-refractivity contribution in [1.29, 1.82) is 0 Å². The van der Waals surface area contributed by atoms with Crippen LogP contribution in [0, 0.1) is 0 Å². The summed E-state index contributed by atoms with van der Waals surface area (Å²) < 4.78 is 28.4. The summed E-state index contributed by atoms with van der Waals surface area (Å²) in [5.74, 6) is -0.202. The summed E-state index contributed by atoms with van der Waals surface area (Å²) in [6, 6.07) is 4.50. The van der Waals surface area contributed by atoms with Crippen molar-refractivity contribution in [1.82, 2.24) is 9.62 Å². The fourth-order valence-electron chi connectivity index (χ4n) is 5.57. The van der Waals surface area contributed by atoms with E-state index in [9.17, 15) is 18.0 Å². The summed E-state index contributed by atoms with van der Waals surface area (Å²) in [5, 5.41) is 3.16. The molecule has 176 valence electrons. The van der Waals surface area contributed by atoms with E-state index in [0.717, 1.165) is 36.9 Å². The van der Waals surface area contributed by atoms with Gasteiger partial charge in [0.15, 0.2) is 0 Å². The van der Waals surface area contributed by atoms with Crippen LogP contribution in [0.15, 0.2) is 23.1 Å². The largest absolute Gasteiger partial charge is 0.352 e.